The van der Waals surface area contributed by atoms with Crippen LogP contribution in [0.2, 0.25) is 0 Å². The Labute approximate surface area is 647 Å². The minimum atomic E-state index is -1.98. The molecule has 5 aromatic rings. The number of aliphatic hydroxyl groups is 2. The number of imidazole rings is 2. The van der Waals surface area contributed by atoms with E-state index in [0.717, 1.165) is 6.92 Å². The first-order valence-electron chi connectivity index (χ1n) is 35.8. The first-order chi connectivity index (χ1) is 53.3. The van der Waals surface area contributed by atoms with Crippen molar-refractivity contribution in [3.8, 4) is 5.75 Å². The minimum Gasteiger partial charge on any atom is -0.508 e. The van der Waals surface area contributed by atoms with E-state index in [1.165, 1.54) is 61.1 Å². The number of nitrogens with one attached hydrogen (secondary N) is 21. The number of guanidine groups is 4. The number of carbonyl (C=O) groups excluding carboxylic acids is 10. The number of phenols is 1. The summed E-state index contributed by atoms with van der Waals surface area (Å²) >= 11 is 1.46. The van der Waals surface area contributed by atoms with E-state index in [0.29, 0.717) is 33.5 Å². The number of carbonyl (C=O) groups is 11. The van der Waals surface area contributed by atoms with E-state index in [1.54, 1.807) is 30.5 Å². The van der Waals surface area contributed by atoms with Gasteiger partial charge in [0, 0.05) is 81.4 Å². The van der Waals surface area contributed by atoms with Crippen LogP contribution < -0.4 is 103 Å². The summed E-state index contributed by atoms with van der Waals surface area (Å²) in [5.74, 6) is -12.8. The Hall–Kier alpha value is -12.3. The van der Waals surface area contributed by atoms with E-state index in [9.17, 15) is 63.6 Å². The number of aromatic nitrogens is 5. The number of aromatic amines is 3. The highest BCUT2D eigenvalue weighted by Gasteiger charge is 2.38. The number of aromatic hydroxyl groups is 1. The van der Waals surface area contributed by atoms with E-state index >= 15 is 9.59 Å². The number of benzene rings is 2. The summed E-state index contributed by atoms with van der Waals surface area (Å²) in [5.41, 5.74) is 30.3. The second-order valence-corrected chi connectivity index (χ2v) is 27.1. The van der Waals surface area contributed by atoms with Gasteiger partial charge in [0.05, 0.1) is 42.8 Å². The highest BCUT2D eigenvalue weighted by molar-refractivity contribution is 7.98. The fourth-order valence-electron chi connectivity index (χ4n) is 11.3. The Morgan fingerprint density at radius 3 is 1.24 bits per heavy atom. The van der Waals surface area contributed by atoms with Crippen molar-refractivity contribution in [2.24, 2.45) is 28.7 Å². The predicted octanol–water partition coefficient (Wildman–Crippen LogP) is -6.97. The van der Waals surface area contributed by atoms with Crippen molar-refractivity contribution in [1.29, 1.82) is 21.6 Å². The number of rotatable bonds is 50. The van der Waals surface area contributed by atoms with E-state index in [-0.39, 0.29) is 127 Å². The molecule has 5 rings (SSSR count). The molecule has 35 N–H and O–H groups in total. The smallest absolute Gasteiger partial charge is 0.326 e. The van der Waals surface area contributed by atoms with E-state index < -0.39 is 162 Å². The zero-order chi connectivity index (χ0) is 82.4. The van der Waals surface area contributed by atoms with Gasteiger partial charge in [0.25, 0.3) is 0 Å². The third kappa shape index (κ3) is 31.7. The Kier molecular flexibility index (Phi) is 37.8. The molecule has 12 atom stereocenters. The number of fused-ring (bicyclic) bond motifs is 1. The molecule has 0 unspecified atom stereocenters. The average molecular weight is 1590 g/mol. The number of thioether (sulfide) groups is 1. The van der Waals surface area contributed by atoms with Gasteiger partial charge in [0.15, 0.2) is 23.8 Å². The quantitative estimate of drug-likeness (QED) is 0.00977. The van der Waals surface area contributed by atoms with E-state index in [2.05, 4.69) is 99.4 Å². The number of amides is 10. The topological polar surface area (TPSA) is 736 Å². The molecule has 3 aromatic heterocycles. The van der Waals surface area contributed by atoms with Gasteiger partial charge in [0.1, 0.15) is 66.2 Å². The lowest BCUT2D eigenvalue weighted by molar-refractivity contribution is -0.142. The lowest BCUT2D eigenvalue weighted by atomic mass is 10.0. The number of carboxylic acid groups (broad SMARTS) is 1. The van der Waals surface area contributed by atoms with Crippen molar-refractivity contribution in [1.82, 2.24) is 99.4 Å². The molecule has 0 aliphatic heterocycles. The van der Waals surface area contributed by atoms with Crippen LogP contribution in [-0.2, 0) is 78.4 Å². The molecule has 10 amide bonds. The predicted molar refractivity (Wildman–Crippen MR) is 412 cm³/mol. The zero-order valence-electron chi connectivity index (χ0n) is 61.8. The molecule has 112 heavy (non-hydrogen) atoms. The van der Waals surface area contributed by atoms with Gasteiger partial charge in [-0.1, -0.05) is 30.3 Å². The number of phenolic OH excluding ortho intramolecular Hbond substituents is 1. The fraction of sp³-hybridized carbons (Fsp3) is 0.485. The molecule has 0 saturated heterocycles. The molecule has 44 heteroatoms. The van der Waals surface area contributed by atoms with Crippen LogP contribution in [0.3, 0.4) is 0 Å². The summed E-state index contributed by atoms with van der Waals surface area (Å²) in [5, 5.41) is 109. The minimum absolute atomic E-state index is 0.000864. The molecule has 0 saturated carbocycles. The molecule has 0 bridgehead atoms. The summed E-state index contributed by atoms with van der Waals surface area (Å²) in [6.45, 7) is -0.0268. The highest BCUT2D eigenvalue weighted by atomic mass is 32.2. The van der Waals surface area contributed by atoms with Crippen LogP contribution in [0.4, 0.5) is 0 Å². The van der Waals surface area contributed by atoms with Crippen molar-refractivity contribution in [2.45, 2.75) is 163 Å². The largest absolute Gasteiger partial charge is 0.508 e. The Bertz CT molecular complexity index is 3960. The highest BCUT2D eigenvalue weighted by Crippen LogP contribution is 2.21. The number of nitrogens with two attached hydrogens (primary N) is 5. The molecule has 0 aliphatic carbocycles. The summed E-state index contributed by atoms with van der Waals surface area (Å²) in [4.78, 5) is 174. The SMILES string of the molecule is CSCC[C@H](N)C(=O)N[C@@H](Cc1c[nH]cn1)C(=O)N[C@@H](CCCNC(=N)N)C(=O)N[C@@H](CCCNC(=N)N)C(=O)N[C@@H](Cc1c[nH]cn1)C(=O)N[C@@H](CCCNC(=N)N)C(=O)N[C@@H](Cc1c[nH]c2ccccc12)C(=O)N[C@H](C(=O)N[C@@H](CO)C(=O)N[C@@H](CCCNC(=N)N)C(=O)N[C@@H](Cc1ccc(O)cc1)C(=O)O)[C@@H](C)O. The second kappa shape index (κ2) is 46.9. The lowest BCUT2D eigenvalue weighted by Gasteiger charge is -2.29. The number of aliphatic carboxylic acids is 1. The molecule has 0 fully saturated rings. The summed E-state index contributed by atoms with van der Waals surface area (Å²) in [6.07, 6.45) is 5.65. The molecule has 0 spiro atoms. The van der Waals surface area contributed by atoms with Gasteiger partial charge in [0.2, 0.25) is 59.1 Å². The Balaban J connectivity index is 1.46. The molecular formula is C68H104N28O15S. The lowest BCUT2D eigenvalue weighted by Crippen LogP contribution is -2.62. The van der Waals surface area contributed by atoms with Gasteiger partial charge in [-0.15, -0.1) is 0 Å². The van der Waals surface area contributed by atoms with Crippen molar-refractivity contribution in [3.63, 3.8) is 0 Å². The zero-order valence-corrected chi connectivity index (χ0v) is 62.7. The van der Waals surface area contributed by atoms with Crippen LogP contribution in [0, 0.1) is 21.6 Å². The average Bonchev–Trinajstić information content (AvgIpc) is 1.68. The van der Waals surface area contributed by atoms with Gasteiger partial charge in [-0.05, 0) is 106 Å². The first kappa shape index (κ1) is 90.3. The Morgan fingerprint density at radius 1 is 0.473 bits per heavy atom. The van der Waals surface area contributed by atoms with Crippen LogP contribution >= 0.6 is 11.8 Å². The van der Waals surface area contributed by atoms with Crippen LogP contribution in [0.1, 0.15) is 87.2 Å². The summed E-state index contributed by atoms with van der Waals surface area (Å²) in [7, 11) is 0. The number of carboxylic acids is 1. The third-order valence-electron chi connectivity index (χ3n) is 17.2. The van der Waals surface area contributed by atoms with Gasteiger partial charge < -0.3 is 138 Å². The summed E-state index contributed by atoms with van der Waals surface area (Å²) in [6, 6.07) is -4.98. The molecule has 0 radical (unpaired) electrons. The maximum Gasteiger partial charge on any atom is 0.326 e. The van der Waals surface area contributed by atoms with Crippen LogP contribution in [0.15, 0.2) is 79.8 Å². The van der Waals surface area contributed by atoms with E-state index in [1.807, 2.05) is 6.26 Å². The number of hydrogen-bond donors (Lipinski definition) is 30. The molecule has 2 aromatic carbocycles. The molecular weight excluding hydrogens is 1480 g/mol. The van der Waals surface area contributed by atoms with Crippen LogP contribution in [0.25, 0.3) is 10.9 Å². The normalized spacial score (nSPS) is 14.3. The molecule has 3 heterocycles. The maximum atomic E-state index is 15.1. The first-order valence-corrected chi connectivity index (χ1v) is 37.2. The van der Waals surface area contributed by atoms with Crippen LogP contribution in [-0.4, -0.2) is 252 Å². The maximum absolute atomic E-state index is 15.1. The van der Waals surface area contributed by atoms with Crippen molar-refractivity contribution < 1.29 is 73.2 Å². The number of H-pyrrole nitrogens is 3. The van der Waals surface area contributed by atoms with Gasteiger partial charge in [-0.3, -0.25) is 69.6 Å². The Morgan fingerprint density at radius 2 is 0.848 bits per heavy atom. The van der Waals surface area contributed by atoms with Gasteiger partial charge >= 0.3 is 5.97 Å². The number of nitrogens with zero attached hydrogens (tertiary/aromatic N) is 2. The third-order valence-corrected chi connectivity index (χ3v) is 17.9. The monoisotopic (exact) mass is 1580 g/mol. The number of para-hydroxylation sites is 1. The van der Waals surface area contributed by atoms with Crippen LogP contribution in [0.5, 0.6) is 5.75 Å². The second-order valence-electron chi connectivity index (χ2n) is 26.1. The van der Waals surface area contributed by atoms with Gasteiger partial charge in [-0.2, -0.15) is 11.8 Å². The molecule has 0 aliphatic rings. The van der Waals surface area contributed by atoms with Crippen molar-refractivity contribution in [3.05, 3.63) is 102 Å². The fourth-order valence-corrected chi connectivity index (χ4v) is 11.8. The standard InChI is InChI=1S/C68H104N28O15S/c1-35(98)53(63(109)95-52(32-97)62(108)90-47(14-8-23-83-68(76)77)58(104)94-51(64(110)111)25-36-15-17-40(99)18-16-36)96-61(107)48(26-37-29-84-43-10-4-3-9-41(37)43)92-56(102)46(13-7-22-82-67(74)75)89-60(106)50(28-39-31-79-34-86-39)93-57(103)45(12-6-21-81-66(72)73)87-55(101)44(11-5-20-80-65(70)71)88-59(105)49(27-38-30-78-33-85-38)91-54(100)42(69)19-24-112-2/h3-4,9-10,15-18,29-31,33-35,42,44-53,84,97-99H,5-8,11-14,19-28,32,69H2,1-2H3,(H,78,85)(H,79,86)(H,87,101)(H,88,105)(H,89,106)(H,90,108)(H,91,100)(H,92,102)(H,93,103)(H,94,104)(H,95,109)(H,96,107)(H,110,111)(H4,70,71,80)(H4,72,73,81)(H4,74,75,82)(H4,76,77,83)/t35-,42+,44+,45+,46+,47+,48+,49+,50+,51+,52+,53+/m1/s1. The van der Waals surface area contributed by atoms with Crippen molar-refractivity contribution in [2.75, 3.05) is 44.8 Å². The van der Waals surface area contributed by atoms with E-state index in [4.69, 9.17) is 50.3 Å². The summed E-state index contributed by atoms with van der Waals surface area (Å²) < 4.78 is 0. The molecule has 43 nitrogen and oxygen atoms in total. The number of hydrogen-bond acceptors (Lipinski definition) is 22. The molecule has 612 valence electrons. The van der Waals surface area contributed by atoms with Crippen molar-refractivity contribution >= 4 is 112 Å². The van der Waals surface area contributed by atoms with Gasteiger partial charge in [-0.25, -0.2) is 14.8 Å². The number of aliphatic hydroxyl groups excluding tert-OH is 2.